The fourth-order valence-corrected chi connectivity index (χ4v) is 4.51. The minimum atomic E-state index is -0.920. The second-order valence-corrected chi connectivity index (χ2v) is 8.17. The zero-order chi connectivity index (χ0) is 22.6. The lowest BCUT2D eigenvalue weighted by Crippen LogP contribution is -2.67. The Morgan fingerprint density at radius 3 is 2.03 bits per heavy atom. The summed E-state index contributed by atoms with van der Waals surface area (Å²) in [5, 5.41) is 0. The SMILES string of the molecule is COc1cccc([C@H]2[C@@H](N3C(=O)c4ccccc4C3=O)C(=O)N2c2ccc(C)c(C)c2)c1. The summed E-state index contributed by atoms with van der Waals surface area (Å²) in [6.45, 7) is 4.00. The van der Waals surface area contributed by atoms with Crippen LogP contribution in [0.4, 0.5) is 5.69 Å². The van der Waals surface area contributed by atoms with E-state index in [2.05, 4.69) is 0 Å². The molecule has 2 atom stereocenters. The fraction of sp³-hybridized carbons (Fsp3) is 0.192. The Bertz CT molecular complexity index is 1250. The molecule has 6 nitrogen and oxygen atoms in total. The zero-order valence-electron chi connectivity index (χ0n) is 18.0. The maximum absolute atomic E-state index is 13.5. The van der Waals surface area contributed by atoms with E-state index >= 15 is 0 Å². The van der Waals surface area contributed by atoms with Crippen molar-refractivity contribution in [3.8, 4) is 5.75 Å². The number of rotatable bonds is 4. The summed E-state index contributed by atoms with van der Waals surface area (Å²) in [6.07, 6.45) is 0. The van der Waals surface area contributed by atoms with E-state index in [1.54, 1.807) is 36.3 Å². The van der Waals surface area contributed by atoms with Gasteiger partial charge in [0.25, 0.3) is 17.7 Å². The van der Waals surface area contributed by atoms with Gasteiger partial charge in [-0.15, -0.1) is 0 Å². The smallest absolute Gasteiger partial charge is 0.262 e. The Morgan fingerprint density at radius 1 is 0.719 bits per heavy atom. The van der Waals surface area contributed by atoms with Gasteiger partial charge in [0.05, 0.1) is 24.3 Å². The topological polar surface area (TPSA) is 66.9 Å². The van der Waals surface area contributed by atoms with Gasteiger partial charge in [0.1, 0.15) is 11.8 Å². The molecule has 0 bridgehead atoms. The Hall–Kier alpha value is -3.93. The monoisotopic (exact) mass is 426 g/mol. The summed E-state index contributed by atoms with van der Waals surface area (Å²) in [4.78, 5) is 42.5. The van der Waals surface area contributed by atoms with Crippen molar-refractivity contribution in [2.75, 3.05) is 12.0 Å². The standard InChI is InChI=1S/C26H22N2O4/c1-15-11-12-18(13-16(15)2)27-22(17-7-6-8-19(14-17)32-3)23(26(27)31)28-24(29)20-9-4-5-10-21(20)25(28)30/h4-14,22-23H,1-3H3/t22-,23+/m0/s1. The van der Waals surface area contributed by atoms with Crippen LogP contribution in [0.5, 0.6) is 5.75 Å². The number of hydrogen-bond donors (Lipinski definition) is 0. The van der Waals surface area contributed by atoms with Gasteiger partial charge in [-0.3, -0.25) is 19.3 Å². The number of β-lactam (4-membered cyclic amide) rings is 1. The molecule has 0 aliphatic carbocycles. The molecule has 5 rings (SSSR count). The Labute approximate surface area is 186 Å². The molecule has 2 aliphatic rings. The highest BCUT2D eigenvalue weighted by Crippen LogP contribution is 2.45. The van der Waals surface area contributed by atoms with Crippen molar-refractivity contribution in [2.45, 2.75) is 25.9 Å². The van der Waals surface area contributed by atoms with E-state index in [-0.39, 0.29) is 5.91 Å². The van der Waals surface area contributed by atoms with Gasteiger partial charge < -0.3 is 9.64 Å². The average molecular weight is 426 g/mol. The van der Waals surface area contributed by atoms with E-state index in [1.165, 1.54) is 0 Å². The van der Waals surface area contributed by atoms with E-state index in [0.29, 0.717) is 16.9 Å². The third-order valence-electron chi connectivity index (χ3n) is 6.38. The number of nitrogens with zero attached hydrogens (tertiary/aromatic N) is 2. The highest BCUT2D eigenvalue weighted by Gasteiger charge is 2.57. The molecule has 32 heavy (non-hydrogen) atoms. The van der Waals surface area contributed by atoms with Gasteiger partial charge in [-0.25, -0.2) is 0 Å². The number of carbonyl (C=O) groups is 3. The lowest BCUT2D eigenvalue weighted by molar-refractivity contribution is -0.130. The van der Waals surface area contributed by atoms with Gasteiger partial charge in [-0.05, 0) is 66.9 Å². The van der Waals surface area contributed by atoms with Crippen LogP contribution in [0.25, 0.3) is 0 Å². The number of amides is 3. The number of benzene rings is 3. The van der Waals surface area contributed by atoms with Gasteiger partial charge in [0, 0.05) is 5.69 Å². The van der Waals surface area contributed by atoms with Crippen LogP contribution >= 0.6 is 0 Å². The average Bonchev–Trinajstić information content (AvgIpc) is 3.05. The van der Waals surface area contributed by atoms with Crippen LogP contribution in [0, 0.1) is 13.8 Å². The third-order valence-corrected chi connectivity index (χ3v) is 6.38. The highest BCUT2D eigenvalue weighted by molar-refractivity contribution is 6.24. The van der Waals surface area contributed by atoms with Crippen molar-refractivity contribution in [2.24, 2.45) is 0 Å². The van der Waals surface area contributed by atoms with Gasteiger partial charge in [0.2, 0.25) is 0 Å². The summed E-state index contributed by atoms with van der Waals surface area (Å²) in [5.74, 6) is -0.508. The molecule has 0 spiro atoms. The first-order valence-corrected chi connectivity index (χ1v) is 10.4. The molecule has 2 aliphatic heterocycles. The summed E-state index contributed by atoms with van der Waals surface area (Å²) >= 11 is 0. The molecule has 0 N–H and O–H groups in total. The number of carbonyl (C=O) groups excluding carboxylic acids is 3. The molecule has 160 valence electrons. The number of hydrogen-bond acceptors (Lipinski definition) is 4. The molecule has 2 heterocycles. The van der Waals surface area contributed by atoms with E-state index in [9.17, 15) is 14.4 Å². The summed E-state index contributed by atoms with van der Waals surface area (Å²) < 4.78 is 5.38. The van der Waals surface area contributed by atoms with Crippen LogP contribution in [0.15, 0.2) is 66.7 Å². The van der Waals surface area contributed by atoms with Gasteiger partial charge in [-0.1, -0.05) is 30.3 Å². The normalized spacial score (nSPS) is 19.8. The zero-order valence-corrected chi connectivity index (χ0v) is 18.0. The molecule has 3 aromatic rings. The predicted molar refractivity (Wildman–Crippen MR) is 120 cm³/mol. The Morgan fingerprint density at radius 2 is 1.41 bits per heavy atom. The maximum atomic E-state index is 13.5. The molecule has 3 amide bonds. The van der Waals surface area contributed by atoms with Crippen LogP contribution in [0.2, 0.25) is 0 Å². The first-order chi connectivity index (χ1) is 15.4. The minimum absolute atomic E-state index is 0.282. The van der Waals surface area contributed by atoms with Crippen LogP contribution in [0.1, 0.15) is 43.4 Å². The molecule has 1 saturated heterocycles. The first kappa shape index (κ1) is 20.0. The highest BCUT2D eigenvalue weighted by atomic mass is 16.5. The lowest BCUT2D eigenvalue weighted by Gasteiger charge is -2.50. The summed E-state index contributed by atoms with van der Waals surface area (Å²) in [7, 11) is 1.58. The van der Waals surface area contributed by atoms with Crippen molar-refractivity contribution in [1.82, 2.24) is 4.90 Å². The second-order valence-electron chi connectivity index (χ2n) is 8.17. The van der Waals surface area contributed by atoms with Gasteiger partial charge in [0.15, 0.2) is 0 Å². The quantitative estimate of drug-likeness (QED) is 0.466. The number of aryl methyl sites for hydroxylation is 2. The Kier molecular flexibility index (Phi) is 4.59. The molecular formula is C26H22N2O4. The van der Waals surface area contributed by atoms with Crippen molar-refractivity contribution < 1.29 is 19.1 Å². The molecule has 0 saturated carbocycles. The largest absolute Gasteiger partial charge is 0.497 e. The van der Waals surface area contributed by atoms with E-state index < -0.39 is 23.9 Å². The van der Waals surface area contributed by atoms with E-state index in [1.807, 2.05) is 56.3 Å². The molecule has 0 unspecified atom stereocenters. The first-order valence-electron chi connectivity index (χ1n) is 10.4. The number of fused-ring (bicyclic) bond motifs is 1. The van der Waals surface area contributed by atoms with E-state index in [4.69, 9.17) is 4.74 Å². The van der Waals surface area contributed by atoms with Gasteiger partial charge >= 0.3 is 0 Å². The Balaban J connectivity index is 1.61. The van der Waals surface area contributed by atoms with Crippen molar-refractivity contribution in [3.05, 3.63) is 94.5 Å². The fourth-order valence-electron chi connectivity index (χ4n) is 4.51. The van der Waals surface area contributed by atoms with E-state index in [0.717, 1.165) is 27.3 Å². The molecular weight excluding hydrogens is 404 g/mol. The van der Waals surface area contributed by atoms with Crippen LogP contribution in [-0.4, -0.2) is 35.8 Å². The van der Waals surface area contributed by atoms with Crippen LogP contribution < -0.4 is 9.64 Å². The minimum Gasteiger partial charge on any atom is -0.497 e. The van der Waals surface area contributed by atoms with Crippen molar-refractivity contribution in [1.29, 1.82) is 0 Å². The van der Waals surface area contributed by atoms with Crippen LogP contribution in [-0.2, 0) is 4.79 Å². The maximum Gasteiger partial charge on any atom is 0.262 e. The number of ether oxygens (including phenoxy) is 1. The summed E-state index contributed by atoms with van der Waals surface area (Å²) in [5.41, 5.74) is 4.38. The van der Waals surface area contributed by atoms with Crippen molar-refractivity contribution >= 4 is 23.4 Å². The lowest BCUT2D eigenvalue weighted by atomic mass is 9.86. The number of imide groups is 1. The molecule has 6 heteroatoms. The van der Waals surface area contributed by atoms with Crippen molar-refractivity contribution in [3.63, 3.8) is 0 Å². The van der Waals surface area contributed by atoms with Gasteiger partial charge in [-0.2, -0.15) is 0 Å². The predicted octanol–water partition coefficient (Wildman–Crippen LogP) is 4.06. The molecule has 0 radical (unpaired) electrons. The number of methoxy groups -OCH3 is 1. The molecule has 0 aromatic heterocycles. The molecule has 3 aromatic carbocycles. The summed E-state index contributed by atoms with van der Waals surface area (Å²) in [6, 6.07) is 18.5. The third kappa shape index (κ3) is 2.83. The molecule has 1 fully saturated rings. The number of anilines is 1. The van der Waals surface area contributed by atoms with Crippen LogP contribution in [0.3, 0.4) is 0 Å². The second kappa shape index (κ2) is 7.34.